The lowest BCUT2D eigenvalue weighted by molar-refractivity contribution is -0.137. The predicted molar refractivity (Wildman–Crippen MR) is 70.7 cm³/mol. The van der Waals surface area contributed by atoms with Crippen LogP contribution in [-0.2, 0) is 12.7 Å². The number of halogens is 3. The first kappa shape index (κ1) is 15.1. The van der Waals surface area contributed by atoms with E-state index in [4.69, 9.17) is 10.2 Å². The van der Waals surface area contributed by atoms with E-state index in [2.05, 4.69) is 5.32 Å². The molecule has 112 valence electrons. The second kappa shape index (κ2) is 5.61. The lowest BCUT2D eigenvalue weighted by Gasteiger charge is -2.14. The van der Waals surface area contributed by atoms with Crippen molar-refractivity contribution in [2.45, 2.75) is 19.6 Å². The molecule has 1 aromatic carbocycles. The van der Waals surface area contributed by atoms with E-state index in [1.807, 2.05) is 0 Å². The monoisotopic (exact) mass is 298 g/mol. The summed E-state index contributed by atoms with van der Waals surface area (Å²) in [5.74, 6) is -0.299. The van der Waals surface area contributed by atoms with Crippen LogP contribution in [0, 0.1) is 6.92 Å². The van der Waals surface area contributed by atoms with Crippen LogP contribution < -0.4 is 11.1 Å². The van der Waals surface area contributed by atoms with Crippen molar-refractivity contribution in [3.05, 3.63) is 53.0 Å². The molecule has 2 aromatic rings. The molecule has 0 aliphatic heterocycles. The molecule has 0 radical (unpaired) electrons. The summed E-state index contributed by atoms with van der Waals surface area (Å²) < 4.78 is 44.1. The molecule has 0 saturated carbocycles. The van der Waals surface area contributed by atoms with Crippen LogP contribution in [0.1, 0.15) is 27.4 Å². The second-order valence-corrected chi connectivity index (χ2v) is 4.45. The molecule has 2 rings (SSSR count). The van der Waals surface area contributed by atoms with Crippen LogP contribution in [0.3, 0.4) is 0 Å². The molecular weight excluding hydrogens is 285 g/mol. The summed E-state index contributed by atoms with van der Waals surface area (Å²) in [5, 5.41) is 2.20. The number of aryl methyl sites for hydroxylation is 1. The van der Waals surface area contributed by atoms with E-state index < -0.39 is 17.6 Å². The van der Waals surface area contributed by atoms with Crippen molar-refractivity contribution in [2.75, 3.05) is 5.32 Å². The van der Waals surface area contributed by atoms with E-state index in [0.29, 0.717) is 11.3 Å². The lowest BCUT2D eigenvalue weighted by atomic mass is 10.1. The predicted octanol–water partition coefficient (Wildman–Crippen LogP) is 3.32. The quantitative estimate of drug-likeness (QED) is 0.913. The van der Waals surface area contributed by atoms with Crippen molar-refractivity contribution in [1.29, 1.82) is 0 Å². The van der Waals surface area contributed by atoms with Crippen molar-refractivity contribution in [3.63, 3.8) is 0 Å². The van der Waals surface area contributed by atoms with Gasteiger partial charge in [0.25, 0.3) is 5.91 Å². The maximum atomic E-state index is 13.0. The van der Waals surface area contributed by atoms with E-state index in [-0.39, 0.29) is 18.0 Å². The van der Waals surface area contributed by atoms with Gasteiger partial charge < -0.3 is 15.5 Å². The van der Waals surface area contributed by atoms with E-state index in [0.717, 1.165) is 6.07 Å². The zero-order valence-corrected chi connectivity index (χ0v) is 11.1. The van der Waals surface area contributed by atoms with E-state index >= 15 is 0 Å². The third kappa shape index (κ3) is 3.43. The third-order valence-electron chi connectivity index (χ3n) is 2.84. The number of amides is 1. The molecule has 1 heterocycles. The molecule has 4 nitrogen and oxygen atoms in total. The Labute approximate surface area is 118 Å². The van der Waals surface area contributed by atoms with Gasteiger partial charge in [0.05, 0.1) is 11.3 Å². The van der Waals surface area contributed by atoms with Gasteiger partial charge in [-0.25, -0.2) is 0 Å². The molecule has 7 heteroatoms. The highest BCUT2D eigenvalue weighted by molar-refractivity contribution is 6.02. The number of anilines is 1. The first-order valence-electron chi connectivity index (χ1n) is 6.09. The van der Waals surface area contributed by atoms with Crippen LogP contribution in [0.5, 0.6) is 0 Å². The molecule has 21 heavy (non-hydrogen) atoms. The molecule has 0 spiro atoms. The maximum Gasteiger partial charge on any atom is 0.418 e. The summed E-state index contributed by atoms with van der Waals surface area (Å²) in [6.07, 6.45) is -4.59. The number of carbonyl (C=O) groups excluding carboxylic acids is 1. The Morgan fingerprint density at radius 3 is 2.52 bits per heavy atom. The number of rotatable bonds is 3. The SMILES string of the molecule is Cc1ccc(C(=O)Nc2ccc(CN)cc2C(F)(F)F)o1. The Morgan fingerprint density at radius 2 is 2.00 bits per heavy atom. The molecule has 1 aromatic heterocycles. The standard InChI is InChI=1S/C14H13F3N2O2/c1-8-2-5-12(21-8)13(20)19-11-4-3-9(7-18)6-10(11)14(15,16)17/h2-6H,7,18H2,1H3,(H,19,20). The van der Waals surface area contributed by atoms with Gasteiger partial charge in [0.1, 0.15) is 5.76 Å². The fourth-order valence-corrected chi connectivity index (χ4v) is 1.80. The average Bonchev–Trinajstić information content (AvgIpc) is 2.84. The number of hydrogen-bond donors (Lipinski definition) is 2. The Kier molecular flexibility index (Phi) is 4.04. The van der Waals surface area contributed by atoms with Gasteiger partial charge in [0.2, 0.25) is 0 Å². The number of nitrogens with one attached hydrogen (secondary N) is 1. The molecule has 1 amide bonds. The summed E-state index contributed by atoms with van der Waals surface area (Å²) in [4.78, 5) is 11.9. The highest BCUT2D eigenvalue weighted by atomic mass is 19.4. The molecule has 0 saturated heterocycles. The van der Waals surface area contributed by atoms with Gasteiger partial charge >= 0.3 is 6.18 Å². The van der Waals surface area contributed by atoms with Crippen LogP contribution >= 0.6 is 0 Å². The topological polar surface area (TPSA) is 68.3 Å². The van der Waals surface area contributed by atoms with Crippen LogP contribution in [0.25, 0.3) is 0 Å². The molecule has 3 N–H and O–H groups in total. The molecule has 0 unspecified atom stereocenters. The van der Waals surface area contributed by atoms with Crippen LogP contribution in [0.4, 0.5) is 18.9 Å². The normalized spacial score (nSPS) is 11.5. The average molecular weight is 298 g/mol. The summed E-state index contributed by atoms with van der Waals surface area (Å²) in [5.41, 5.74) is 4.39. The van der Waals surface area contributed by atoms with Crippen LogP contribution in [0.15, 0.2) is 34.7 Å². The first-order chi connectivity index (χ1) is 9.81. The second-order valence-electron chi connectivity index (χ2n) is 4.45. The zero-order valence-electron chi connectivity index (χ0n) is 11.1. The first-order valence-corrected chi connectivity index (χ1v) is 6.09. The molecule has 0 fully saturated rings. The third-order valence-corrected chi connectivity index (χ3v) is 2.84. The highest BCUT2D eigenvalue weighted by Gasteiger charge is 2.34. The van der Waals surface area contributed by atoms with Gasteiger partial charge in [0, 0.05) is 6.54 Å². The smallest absolute Gasteiger partial charge is 0.418 e. The van der Waals surface area contributed by atoms with Crippen LogP contribution in [-0.4, -0.2) is 5.91 Å². The van der Waals surface area contributed by atoms with E-state index in [9.17, 15) is 18.0 Å². The Balaban J connectivity index is 2.33. The van der Waals surface area contributed by atoms with Gasteiger partial charge in [-0.1, -0.05) is 6.07 Å². The van der Waals surface area contributed by atoms with Gasteiger partial charge in [-0.05, 0) is 36.8 Å². The van der Waals surface area contributed by atoms with Crippen molar-refractivity contribution < 1.29 is 22.4 Å². The minimum atomic E-state index is -4.59. The molecule has 0 aliphatic rings. The molecule has 0 atom stereocenters. The van der Waals surface area contributed by atoms with E-state index in [1.54, 1.807) is 13.0 Å². The zero-order chi connectivity index (χ0) is 15.6. The van der Waals surface area contributed by atoms with Crippen molar-refractivity contribution in [3.8, 4) is 0 Å². The van der Waals surface area contributed by atoms with Gasteiger partial charge in [-0.2, -0.15) is 13.2 Å². The van der Waals surface area contributed by atoms with E-state index in [1.165, 1.54) is 18.2 Å². The number of hydrogen-bond acceptors (Lipinski definition) is 3. The van der Waals surface area contributed by atoms with Gasteiger partial charge in [-0.3, -0.25) is 4.79 Å². The largest absolute Gasteiger partial charge is 0.456 e. The summed E-state index contributed by atoms with van der Waals surface area (Å²) >= 11 is 0. The number of benzene rings is 1. The van der Waals surface area contributed by atoms with Crippen molar-refractivity contribution >= 4 is 11.6 Å². The molecular formula is C14H13F3N2O2. The summed E-state index contributed by atoms with van der Waals surface area (Å²) in [6.45, 7) is 1.61. The fraction of sp³-hybridized carbons (Fsp3) is 0.214. The molecule has 0 bridgehead atoms. The van der Waals surface area contributed by atoms with Crippen LogP contribution in [0.2, 0.25) is 0 Å². The number of furan rings is 1. The Hall–Kier alpha value is -2.28. The van der Waals surface area contributed by atoms with Gasteiger partial charge in [-0.15, -0.1) is 0 Å². The molecule has 0 aliphatic carbocycles. The van der Waals surface area contributed by atoms with Gasteiger partial charge in [0.15, 0.2) is 5.76 Å². The summed E-state index contributed by atoms with van der Waals surface area (Å²) in [6, 6.07) is 6.48. The number of alkyl halides is 3. The highest BCUT2D eigenvalue weighted by Crippen LogP contribution is 2.35. The maximum absolute atomic E-state index is 13.0. The lowest BCUT2D eigenvalue weighted by Crippen LogP contribution is -2.17. The summed E-state index contributed by atoms with van der Waals surface area (Å²) in [7, 11) is 0. The minimum absolute atomic E-state index is 0.0192. The Bertz CT molecular complexity index is 662. The van der Waals surface area contributed by atoms with Crippen molar-refractivity contribution in [2.24, 2.45) is 5.73 Å². The fourth-order valence-electron chi connectivity index (χ4n) is 1.80. The minimum Gasteiger partial charge on any atom is -0.456 e. The van der Waals surface area contributed by atoms with Crippen molar-refractivity contribution in [1.82, 2.24) is 0 Å². The number of carbonyl (C=O) groups is 1. The number of nitrogens with two attached hydrogens (primary N) is 1. The Morgan fingerprint density at radius 1 is 1.29 bits per heavy atom.